The van der Waals surface area contributed by atoms with Crippen LogP contribution in [0.3, 0.4) is 0 Å². The van der Waals surface area contributed by atoms with E-state index in [0.717, 1.165) is 13.1 Å². The van der Waals surface area contributed by atoms with E-state index in [2.05, 4.69) is 61.3 Å². The summed E-state index contributed by atoms with van der Waals surface area (Å²) in [6.45, 7) is 10.5. The molecule has 1 aromatic rings. The monoisotopic (exact) mass is 274 g/mol. The molecule has 2 heteroatoms. The Balaban J connectivity index is 2.10. The van der Waals surface area contributed by atoms with Gasteiger partial charge in [0, 0.05) is 12.6 Å². The fraction of sp³-hybridized carbons (Fsp3) is 0.667. The Bertz CT molecular complexity index is 390. The van der Waals surface area contributed by atoms with Gasteiger partial charge in [-0.3, -0.25) is 4.90 Å². The van der Waals surface area contributed by atoms with Crippen molar-refractivity contribution in [1.82, 2.24) is 10.2 Å². The number of benzene rings is 1. The summed E-state index contributed by atoms with van der Waals surface area (Å²) in [6.07, 6.45) is 5.22. The Morgan fingerprint density at radius 3 is 2.70 bits per heavy atom. The Morgan fingerprint density at radius 1 is 1.25 bits per heavy atom. The largest absolute Gasteiger partial charge is 0.306 e. The Labute approximate surface area is 124 Å². The topological polar surface area (TPSA) is 15.3 Å². The molecular weight excluding hydrogens is 244 g/mol. The molecular formula is C18H30N2. The first-order valence-electron chi connectivity index (χ1n) is 8.20. The van der Waals surface area contributed by atoms with Gasteiger partial charge < -0.3 is 5.32 Å². The second-order valence-corrected chi connectivity index (χ2v) is 6.44. The van der Waals surface area contributed by atoms with E-state index in [0.29, 0.717) is 6.04 Å². The summed E-state index contributed by atoms with van der Waals surface area (Å²) in [4.78, 5) is 2.68. The van der Waals surface area contributed by atoms with Gasteiger partial charge in [0.15, 0.2) is 0 Å². The average molecular weight is 274 g/mol. The molecule has 1 saturated heterocycles. The molecule has 0 aliphatic carbocycles. The maximum atomic E-state index is 3.78. The van der Waals surface area contributed by atoms with Crippen LogP contribution in [0.25, 0.3) is 0 Å². The standard InChI is InChI=1S/C18H30N2/c1-4-5-9-14-20-15-18(3,19-13-12-16(20)2)17-10-7-6-8-11-17/h6-8,10-11,16,19H,4-5,9,12-15H2,1-3H3. The van der Waals surface area contributed by atoms with E-state index >= 15 is 0 Å². The van der Waals surface area contributed by atoms with Gasteiger partial charge >= 0.3 is 0 Å². The molecule has 1 aliphatic rings. The lowest BCUT2D eigenvalue weighted by molar-refractivity contribution is 0.171. The van der Waals surface area contributed by atoms with Crippen LogP contribution < -0.4 is 5.32 Å². The van der Waals surface area contributed by atoms with Gasteiger partial charge in [0.25, 0.3) is 0 Å². The van der Waals surface area contributed by atoms with Crippen molar-refractivity contribution in [1.29, 1.82) is 0 Å². The van der Waals surface area contributed by atoms with Crippen molar-refractivity contribution in [3.63, 3.8) is 0 Å². The van der Waals surface area contributed by atoms with Gasteiger partial charge in [-0.05, 0) is 45.3 Å². The van der Waals surface area contributed by atoms with Gasteiger partial charge in [-0.1, -0.05) is 50.1 Å². The molecule has 0 spiro atoms. The molecule has 2 rings (SSSR count). The first-order chi connectivity index (χ1) is 9.65. The highest BCUT2D eigenvalue weighted by molar-refractivity contribution is 5.24. The number of hydrogen-bond acceptors (Lipinski definition) is 2. The van der Waals surface area contributed by atoms with Crippen LogP contribution in [0.5, 0.6) is 0 Å². The fourth-order valence-electron chi connectivity index (χ4n) is 3.22. The summed E-state index contributed by atoms with van der Waals surface area (Å²) >= 11 is 0. The molecule has 2 unspecified atom stereocenters. The predicted molar refractivity (Wildman–Crippen MR) is 87.0 cm³/mol. The van der Waals surface area contributed by atoms with E-state index in [9.17, 15) is 0 Å². The van der Waals surface area contributed by atoms with Gasteiger partial charge in [-0.25, -0.2) is 0 Å². The summed E-state index contributed by atoms with van der Waals surface area (Å²) in [6, 6.07) is 11.6. The molecule has 0 bridgehead atoms. The van der Waals surface area contributed by atoms with E-state index in [1.807, 2.05) is 0 Å². The number of unbranched alkanes of at least 4 members (excludes halogenated alkanes) is 2. The van der Waals surface area contributed by atoms with E-state index in [1.54, 1.807) is 0 Å². The molecule has 2 nitrogen and oxygen atoms in total. The smallest absolute Gasteiger partial charge is 0.0535 e. The normalized spacial score (nSPS) is 28.2. The Hall–Kier alpha value is -0.860. The van der Waals surface area contributed by atoms with Gasteiger partial charge in [0.1, 0.15) is 0 Å². The van der Waals surface area contributed by atoms with Crippen LogP contribution in [0, 0.1) is 0 Å². The van der Waals surface area contributed by atoms with Crippen molar-refractivity contribution in [2.45, 2.75) is 58.0 Å². The third kappa shape index (κ3) is 3.83. The van der Waals surface area contributed by atoms with Gasteiger partial charge in [0.2, 0.25) is 0 Å². The average Bonchev–Trinajstić information content (AvgIpc) is 2.61. The highest BCUT2D eigenvalue weighted by Crippen LogP contribution is 2.26. The van der Waals surface area contributed by atoms with Crippen molar-refractivity contribution in [2.24, 2.45) is 0 Å². The molecule has 1 aliphatic heterocycles. The highest BCUT2D eigenvalue weighted by atomic mass is 15.2. The maximum absolute atomic E-state index is 3.78. The summed E-state index contributed by atoms with van der Waals surface area (Å²) in [5.74, 6) is 0. The van der Waals surface area contributed by atoms with Crippen molar-refractivity contribution in [3.8, 4) is 0 Å². The molecule has 1 aromatic carbocycles. The van der Waals surface area contributed by atoms with Crippen LogP contribution in [-0.4, -0.2) is 30.6 Å². The van der Waals surface area contributed by atoms with Gasteiger partial charge in [-0.15, -0.1) is 0 Å². The van der Waals surface area contributed by atoms with Gasteiger partial charge in [-0.2, -0.15) is 0 Å². The third-order valence-electron chi connectivity index (χ3n) is 4.68. The van der Waals surface area contributed by atoms with E-state index in [4.69, 9.17) is 0 Å². The van der Waals surface area contributed by atoms with Crippen LogP contribution in [-0.2, 0) is 5.54 Å². The van der Waals surface area contributed by atoms with E-state index in [1.165, 1.54) is 37.8 Å². The molecule has 20 heavy (non-hydrogen) atoms. The number of nitrogens with zero attached hydrogens (tertiary/aromatic N) is 1. The van der Waals surface area contributed by atoms with Crippen molar-refractivity contribution in [2.75, 3.05) is 19.6 Å². The summed E-state index contributed by atoms with van der Waals surface area (Å²) in [5, 5.41) is 3.78. The van der Waals surface area contributed by atoms with Crippen LogP contribution in [0.15, 0.2) is 30.3 Å². The lowest BCUT2D eigenvalue weighted by Gasteiger charge is -2.36. The number of nitrogens with one attached hydrogen (secondary N) is 1. The van der Waals surface area contributed by atoms with Crippen molar-refractivity contribution < 1.29 is 0 Å². The van der Waals surface area contributed by atoms with Gasteiger partial charge in [0.05, 0.1) is 5.54 Å². The minimum atomic E-state index is 0.0816. The number of rotatable bonds is 5. The lowest BCUT2D eigenvalue weighted by atomic mass is 9.91. The van der Waals surface area contributed by atoms with Crippen molar-refractivity contribution >= 4 is 0 Å². The molecule has 0 amide bonds. The molecule has 0 saturated carbocycles. The summed E-state index contributed by atoms with van der Waals surface area (Å²) in [7, 11) is 0. The van der Waals surface area contributed by atoms with E-state index < -0.39 is 0 Å². The molecule has 1 N–H and O–H groups in total. The lowest BCUT2D eigenvalue weighted by Crippen LogP contribution is -2.47. The minimum absolute atomic E-state index is 0.0816. The SMILES string of the molecule is CCCCCN1CC(C)(c2ccccc2)NCCC1C. The first-order valence-corrected chi connectivity index (χ1v) is 8.20. The summed E-state index contributed by atoms with van der Waals surface area (Å²) in [5.41, 5.74) is 1.49. The summed E-state index contributed by atoms with van der Waals surface area (Å²) < 4.78 is 0. The first kappa shape index (κ1) is 15.5. The zero-order valence-corrected chi connectivity index (χ0v) is 13.4. The highest BCUT2D eigenvalue weighted by Gasteiger charge is 2.32. The Morgan fingerprint density at radius 2 is 2.00 bits per heavy atom. The number of hydrogen-bond donors (Lipinski definition) is 1. The molecule has 2 atom stereocenters. The molecule has 112 valence electrons. The van der Waals surface area contributed by atoms with Crippen LogP contribution in [0.1, 0.15) is 52.0 Å². The fourth-order valence-corrected chi connectivity index (χ4v) is 3.22. The van der Waals surface area contributed by atoms with Crippen molar-refractivity contribution in [3.05, 3.63) is 35.9 Å². The maximum Gasteiger partial charge on any atom is 0.0535 e. The third-order valence-corrected chi connectivity index (χ3v) is 4.68. The molecule has 1 fully saturated rings. The van der Waals surface area contributed by atoms with Crippen LogP contribution >= 0.6 is 0 Å². The molecule has 0 aromatic heterocycles. The second kappa shape index (κ2) is 7.24. The zero-order valence-electron chi connectivity index (χ0n) is 13.4. The zero-order chi connectivity index (χ0) is 14.4. The minimum Gasteiger partial charge on any atom is -0.306 e. The van der Waals surface area contributed by atoms with E-state index in [-0.39, 0.29) is 5.54 Å². The Kier molecular flexibility index (Phi) is 5.62. The molecule has 1 heterocycles. The predicted octanol–water partition coefficient (Wildman–Crippen LogP) is 3.78. The van der Waals surface area contributed by atoms with Crippen LogP contribution in [0.2, 0.25) is 0 Å². The molecule has 0 radical (unpaired) electrons. The second-order valence-electron chi connectivity index (χ2n) is 6.44. The quantitative estimate of drug-likeness (QED) is 0.822. The van der Waals surface area contributed by atoms with Crippen LogP contribution in [0.4, 0.5) is 0 Å².